The van der Waals surface area contributed by atoms with E-state index in [1.54, 1.807) is 35.0 Å². The third-order valence-electron chi connectivity index (χ3n) is 13.4. The summed E-state index contributed by atoms with van der Waals surface area (Å²) in [7, 11) is -3.62. The number of anilines is 3. The zero-order valence-corrected chi connectivity index (χ0v) is 35.3. The van der Waals surface area contributed by atoms with E-state index in [0.717, 1.165) is 55.5 Å². The lowest BCUT2D eigenvalue weighted by molar-refractivity contribution is -0.151. The summed E-state index contributed by atoms with van der Waals surface area (Å²) in [5, 5.41) is 23.1. The fourth-order valence-corrected chi connectivity index (χ4v) is 12.8. The Morgan fingerprint density at radius 2 is 1.54 bits per heavy atom. The molecule has 314 valence electrons. The molecular weight excluding hydrogens is 768 g/mol. The molecule has 5 N–H and O–H groups in total. The quantitative estimate of drug-likeness (QED) is 0.138. The standard InChI is InChI=1S/C45H57FN6O6Si/c1-28-41(59(2,3)46)39(22-40(54)51-26-33-9-5-4-8-30(33)20-36(51)27-53)58-45(28)37-21-35(50-43(56)32-11-7-19-48-24-32)16-17-38(37)52(44(45)57)25-29-12-14-34(15-13-29)49-42(55)31-10-6-18-47-23-31/h4-5,8-9,12-17,21,28,31-32,36,39,41,47-48,53H,6-7,10-11,18-20,22-27H2,1-3H3,(H,49,55)(H,50,56)/t28-,31?,32?,36+,39+,41-,45+/m1/s1. The van der Waals surface area contributed by atoms with Crippen LogP contribution in [0.15, 0.2) is 66.7 Å². The van der Waals surface area contributed by atoms with Crippen molar-refractivity contribution in [2.24, 2.45) is 17.8 Å². The van der Waals surface area contributed by atoms with Gasteiger partial charge in [-0.15, -0.1) is 0 Å². The highest BCUT2D eigenvalue weighted by Crippen LogP contribution is 2.60. The van der Waals surface area contributed by atoms with Crippen LogP contribution in [-0.2, 0) is 49.0 Å². The van der Waals surface area contributed by atoms with Gasteiger partial charge in [0.25, 0.3) is 5.91 Å². The highest BCUT2D eigenvalue weighted by molar-refractivity contribution is 6.72. The predicted octanol–water partition coefficient (Wildman–Crippen LogP) is 5.22. The first-order valence-corrected chi connectivity index (χ1v) is 24.2. The second-order valence-corrected chi connectivity index (χ2v) is 21.5. The number of rotatable bonds is 10. The number of aliphatic hydroxyl groups excluding tert-OH is 1. The van der Waals surface area contributed by atoms with Crippen LogP contribution in [-0.4, -0.2) is 87.0 Å². The second kappa shape index (κ2) is 16.9. The Bertz CT molecular complexity index is 2070. The number of piperidine rings is 2. The normalized spacial score (nSPS) is 28.0. The summed E-state index contributed by atoms with van der Waals surface area (Å²) >= 11 is 0. The number of fused-ring (bicyclic) bond motifs is 3. The molecule has 0 aromatic heterocycles. The largest absolute Gasteiger partial charge is 0.394 e. The van der Waals surface area contributed by atoms with Gasteiger partial charge in [-0.3, -0.25) is 19.2 Å². The Morgan fingerprint density at radius 1 is 0.915 bits per heavy atom. The minimum atomic E-state index is -3.62. The number of amides is 4. The molecule has 4 amide bonds. The first-order valence-electron chi connectivity index (χ1n) is 21.3. The zero-order valence-electron chi connectivity index (χ0n) is 34.3. The van der Waals surface area contributed by atoms with E-state index in [1.165, 1.54) is 0 Å². The molecule has 0 aliphatic carbocycles. The van der Waals surface area contributed by atoms with Crippen LogP contribution in [0.25, 0.3) is 0 Å². The Balaban J connectivity index is 1.10. The molecule has 1 spiro atoms. The van der Waals surface area contributed by atoms with E-state index >= 15 is 8.90 Å². The molecule has 7 atom stereocenters. The van der Waals surface area contributed by atoms with E-state index in [0.29, 0.717) is 48.7 Å². The molecule has 3 saturated heterocycles. The van der Waals surface area contributed by atoms with Crippen molar-refractivity contribution in [3.63, 3.8) is 0 Å². The smallest absolute Gasteiger partial charge is 0.264 e. The highest BCUT2D eigenvalue weighted by Gasteiger charge is 2.67. The van der Waals surface area contributed by atoms with Crippen LogP contribution in [0.5, 0.6) is 0 Å². The lowest BCUT2D eigenvalue weighted by Crippen LogP contribution is -2.48. The van der Waals surface area contributed by atoms with E-state index in [2.05, 4.69) is 21.3 Å². The summed E-state index contributed by atoms with van der Waals surface area (Å²) in [4.78, 5) is 59.2. The molecule has 3 aromatic rings. The third-order valence-corrected chi connectivity index (χ3v) is 15.8. The molecule has 8 rings (SSSR count). The minimum Gasteiger partial charge on any atom is -0.394 e. The predicted molar refractivity (Wildman–Crippen MR) is 227 cm³/mol. The van der Waals surface area contributed by atoms with Gasteiger partial charge in [0.05, 0.1) is 49.2 Å². The number of benzene rings is 3. The number of carbonyl (C=O) groups is 4. The Morgan fingerprint density at radius 3 is 2.15 bits per heavy atom. The van der Waals surface area contributed by atoms with Crippen molar-refractivity contribution in [3.05, 3.63) is 89.0 Å². The second-order valence-electron chi connectivity index (χ2n) is 17.7. The summed E-state index contributed by atoms with van der Waals surface area (Å²) in [6, 6.07) is 20.3. The van der Waals surface area contributed by atoms with Crippen LogP contribution in [0.1, 0.15) is 61.3 Å². The van der Waals surface area contributed by atoms with Crippen LogP contribution >= 0.6 is 0 Å². The van der Waals surface area contributed by atoms with Crippen LogP contribution < -0.4 is 26.2 Å². The number of ether oxygens (including phenoxy) is 1. The highest BCUT2D eigenvalue weighted by atomic mass is 28.4. The topological polar surface area (TPSA) is 152 Å². The van der Waals surface area contributed by atoms with Gasteiger partial charge in [-0.2, -0.15) is 0 Å². The molecule has 59 heavy (non-hydrogen) atoms. The van der Waals surface area contributed by atoms with Gasteiger partial charge in [-0.05, 0) is 105 Å². The summed E-state index contributed by atoms with van der Waals surface area (Å²) in [6.45, 7) is 8.40. The van der Waals surface area contributed by atoms with E-state index in [1.807, 2.05) is 61.5 Å². The first kappa shape index (κ1) is 41.3. The number of hydrogen-bond acceptors (Lipinski definition) is 8. The monoisotopic (exact) mass is 824 g/mol. The van der Waals surface area contributed by atoms with Crippen molar-refractivity contribution in [3.8, 4) is 0 Å². The third kappa shape index (κ3) is 8.09. The molecule has 5 aliphatic heterocycles. The van der Waals surface area contributed by atoms with Gasteiger partial charge >= 0.3 is 0 Å². The summed E-state index contributed by atoms with van der Waals surface area (Å²) in [5.41, 5.74) is 2.88. The average Bonchev–Trinajstić information content (AvgIpc) is 3.66. The molecule has 0 bridgehead atoms. The SMILES string of the molecule is C[C@@H]1[C@@H]([Si](C)(C)F)[C@H](CC(=O)N2Cc3ccccc3C[C@H]2CO)O[C@@]12C(=O)N(Cc1ccc(NC(=O)C3CCCNC3)cc1)c1ccc(NC(=O)C3CCCNC3)cc12. The average molecular weight is 825 g/mol. The van der Waals surface area contributed by atoms with Gasteiger partial charge in [0.2, 0.25) is 26.1 Å². The van der Waals surface area contributed by atoms with Crippen LogP contribution in [0.2, 0.25) is 18.6 Å². The molecule has 0 radical (unpaired) electrons. The van der Waals surface area contributed by atoms with E-state index < -0.39 is 37.6 Å². The Labute approximate surface area is 346 Å². The molecule has 0 saturated carbocycles. The molecule has 5 heterocycles. The van der Waals surface area contributed by atoms with Crippen LogP contribution in [0, 0.1) is 17.8 Å². The maximum atomic E-state index is 16.8. The van der Waals surface area contributed by atoms with E-state index in [-0.39, 0.29) is 55.0 Å². The number of carbonyl (C=O) groups excluding carboxylic acids is 4. The van der Waals surface area contributed by atoms with Gasteiger partial charge in [-0.25, -0.2) is 0 Å². The molecule has 14 heteroatoms. The molecular formula is C45H57FN6O6Si. The number of hydrogen-bond donors (Lipinski definition) is 5. The Hall–Kier alpha value is -4.47. The van der Waals surface area contributed by atoms with Crippen molar-refractivity contribution in [1.82, 2.24) is 15.5 Å². The molecule has 2 unspecified atom stereocenters. The van der Waals surface area contributed by atoms with Crippen molar-refractivity contribution in [2.75, 3.05) is 48.3 Å². The summed E-state index contributed by atoms with van der Waals surface area (Å²) in [5.74, 6) is -1.68. The lowest BCUT2D eigenvalue weighted by atomic mass is 9.82. The molecule has 5 aliphatic rings. The first-order chi connectivity index (χ1) is 28.4. The van der Waals surface area contributed by atoms with Gasteiger partial charge in [-0.1, -0.05) is 43.3 Å². The molecule has 12 nitrogen and oxygen atoms in total. The van der Waals surface area contributed by atoms with Crippen molar-refractivity contribution in [2.45, 2.75) is 94.9 Å². The van der Waals surface area contributed by atoms with Crippen molar-refractivity contribution < 1.29 is 33.1 Å². The number of nitrogens with zero attached hydrogens (tertiary/aromatic N) is 2. The maximum absolute atomic E-state index is 16.8. The van der Waals surface area contributed by atoms with Gasteiger partial charge in [0.1, 0.15) is 0 Å². The van der Waals surface area contributed by atoms with Gasteiger partial charge < -0.3 is 45.0 Å². The van der Waals surface area contributed by atoms with E-state index in [9.17, 15) is 19.5 Å². The molecule has 3 aromatic carbocycles. The van der Waals surface area contributed by atoms with Gasteiger partial charge in [0.15, 0.2) is 5.60 Å². The van der Waals surface area contributed by atoms with Crippen molar-refractivity contribution in [1.29, 1.82) is 0 Å². The summed E-state index contributed by atoms with van der Waals surface area (Å²) < 4.78 is 23.8. The number of nitrogens with one attached hydrogen (secondary N) is 4. The van der Waals surface area contributed by atoms with Crippen LogP contribution in [0.4, 0.5) is 21.2 Å². The number of aliphatic hydroxyl groups is 1. The van der Waals surface area contributed by atoms with Crippen LogP contribution in [0.3, 0.4) is 0 Å². The lowest BCUT2D eigenvalue weighted by Gasteiger charge is -2.37. The fourth-order valence-electron chi connectivity index (χ4n) is 10.3. The number of halogens is 1. The summed E-state index contributed by atoms with van der Waals surface area (Å²) in [6.07, 6.45) is 2.92. The maximum Gasteiger partial charge on any atom is 0.264 e. The zero-order chi connectivity index (χ0) is 41.5. The Kier molecular flexibility index (Phi) is 11.8. The van der Waals surface area contributed by atoms with E-state index in [4.69, 9.17) is 4.74 Å². The van der Waals surface area contributed by atoms with Crippen molar-refractivity contribution >= 4 is 49.1 Å². The molecule has 3 fully saturated rings. The fraction of sp³-hybridized carbons (Fsp3) is 0.511. The van der Waals surface area contributed by atoms with Gasteiger partial charge in [0, 0.05) is 48.0 Å². The minimum absolute atomic E-state index is 0.0236.